The van der Waals surface area contributed by atoms with Crippen molar-refractivity contribution in [3.8, 4) is 0 Å². The average Bonchev–Trinajstić information content (AvgIpc) is 2.05. The van der Waals surface area contributed by atoms with Gasteiger partial charge in [0.05, 0.1) is 0 Å². The quantitative estimate of drug-likeness (QED) is 0.641. The molecule has 0 fully saturated rings. The summed E-state index contributed by atoms with van der Waals surface area (Å²) >= 11 is 0. The molecule has 0 saturated heterocycles. The number of carboxylic acids is 1. The summed E-state index contributed by atoms with van der Waals surface area (Å²) in [6.07, 6.45) is 3.76. The van der Waals surface area contributed by atoms with Gasteiger partial charge in [-0.2, -0.15) is 0 Å². The minimum Gasteiger partial charge on any atom is -0.480 e. The number of rotatable bonds is 6. The molecule has 0 amide bonds. The summed E-state index contributed by atoms with van der Waals surface area (Å²) in [4.78, 5) is 10.4. The fraction of sp³-hybridized carbons (Fsp3) is 0.889. The van der Waals surface area contributed by atoms with Gasteiger partial charge < -0.3 is 10.8 Å². The van der Waals surface area contributed by atoms with Crippen LogP contribution in [-0.2, 0) is 4.79 Å². The lowest BCUT2D eigenvalue weighted by Crippen LogP contribution is -2.30. The molecule has 0 rings (SSSR count). The zero-order valence-corrected chi connectivity index (χ0v) is 7.92. The van der Waals surface area contributed by atoms with Gasteiger partial charge in [-0.15, -0.1) is 0 Å². The first kappa shape index (κ1) is 11.4. The molecular weight excluding hydrogens is 154 g/mol. The fourth-order valence-electron chi connectivity index (χ4n) is 1.24. The molecule has 12 heavy (non-hydrogen) atoms. The predicted octanol–water partition coefficient (Wildman–Crippen LogP) is 1.61. The summed E-state index contributed by atoms with van der Waals surface area (Å²) in [5.41, 5.74) is 5.37. The Balaban J connectivity index is 3.58. The zero-order valence-electron chi connectivity index (χ0n) is 7.92. The van der Waals surface area contributed by atoms with E-state index in [1.807, 2.05) is 0 Å². The second-order valence-electron chi connectivity index (χ2n) is 3.20. The molecule has 3 nitrogen and oxygen atoms in total. The van der Waals surface area contributed by atoms with Crippen LogP contribution in [0.25, 0.3) is 0 Å². The minimum absolute atomic E-state index is 0.599. The van der Waals surface area contributed by atoms with Gasteiger partial charge in [-0.05, 0) is 18.8 Å². The van der Waals surface area contributed by atoms with Gasteiger partial charge in [0.15, 0.2) is 0 Å². The zero-order chi connectivity index (χ0) is 9.56. The van der Waals surface area contributed by atoms with Crippen LogP contribution in [0.2, 0.25) is 0 Å². The van der Waals surface area contributed by atoms with Gasteiger partial charge in [-0.3, -0.25) is 4.79 Å². The second-order valence-corrected chi connectivity index (χ2v) is 3.20. The van der Waals surface area contributed by atoms with Crippen LogP contribution in [0.4, 0.5) is 0 Å². The van der Waals surface area contributed by atoms with Gasteiger partial charge in [0, 0.05) is 0 Å². The lowest BCUT2D eigenvalue weighted by atomic mass is 9.95. The molecule has 0 heterocycles. The highest BCUT2D eigenvalue weighted by atomic mass is 16.4. The van der Waals surface area contributed by atoms with Crippen LogP contribution in [0.3, 0.4) is 0 Å². The van der Waals surface area contributed by atoms with E-state index in [1.165, 1.54) is 0 Å². The average molecular weight is 173 g/mol. The van der Waals surface area contributed by atoms with Crippen molar-refractivity contribution in [2.45, 2.75) is 45.6 Å². The molecule has 0 aromatic heterocycles. The predicted molar refractivity (Wildman–Crippen MR) is 48.9 cm³/mol. The highest BCUT2D eigenvalue weighted by Crippen LogP contribution is 2.15. The lowest BCUT2D eigenvalue weighted by Gasteiger charge is -2.13. The van der Waals surface area contributed by atoms with Gasteiger partial charge in [-0.25, -0.2) is 0 Å². The Bertz CT molecular complexity index is 132. The van der Waals surface area contributed by atoms with Gasteiger partial charge >= 0.3 is 5.97 Å². The Labute approximate surface area is 74.0 Å². The first-order valence-corrected chi connectivity index (χ1v) is 4.60. The molecule has 0 aliphatic rings. The smallest absolute Gasteiger partial charge is 0.320 e. The molecule has 0 saturated carbocycles. The molecule has 3 N–H and O–H groups in total. The molecule has 1 atom stereocenters. The van der Waals surface area contributed by atoms with Crippen LogP contribution in [0, 0.1) is 5.92 Å². The van der Waals surface area contributed by atoms with Crippen LogP contribution < -0.4 is 5.73 Å². The van der Waals surface area contributed by atoms with Crippen molar-refractivity contribution in [3.63, 3.8) is 0 Å². The van der Waals surface area contributed by atoms with E-state index in [1.54, 1.807) is 0 Å². The highest BCUT2D eigenvalue weighted by Gasteiger charge is 2.13. The SMILES string of the molecule is CCC(CC)CCC(N)C(=O)O. The normalized spacial score (nSPS) is 13.3. The summed E-state index contributed by atoms with van der Waals surface area (Å²) in [7, 11) is 0. The summed E-state index contributed by atoms with van der Waals surface area (Å²) < 4.78 is 0. The van der Waals surface area contributed by atoms with Gasteiger partial charge in [0.2, 0.25) is 0 Å². The molecular formula is C9H19NO2. The maximum absolute atomic E-state index is 10.4. The van der Waals surface area contributed by atoms with E-state index in [9.17, 15) is 4.79 Å². The number of carboxylic acid groups (broad SMARTS) is 1. The largest absolute Gasteiger partial charge is 0.480 e. The van der Waals surface area contributed by atoms with E-state index in [-0.39, 0.29) is 0 Å². The van der Waals surface area contributed by atoms with E-state index >= 15 is 0 Å². The Hall–Kier alpha value is -0.570. The van der Waals surface area contributed by atoms with Crippen LogP contribution in [0.5, 0.6) is 0 Å². The number of nitrogens with two attached hydrogens (primary N) is 1. The lowest BCUT2D eigenvalue weighted by molar-refractivity contribution is -0.138. The van der Waals surface area contributed by atoms with E-state index < -0.39 is 12.0 Å². The third-order valence-corrected chi connectivity index (χ3v) is 2.36. The topological polar surface area (TPSA) is 63.3 Å². The number of carbonyl (C=O) groups is 1. The minimum atomic E-state index is -0.888. The van der Waals surface area contributed by atoms with Crippen LogP contribution >= 0.6 is 0 Å². The molecule has 1 unspecified atom stereocenters. The highest BCUT2D eigenvalue weighted by molar-refractivity contribution is 5.72. The standard InChI is InChI=1S/C9H19NO2/c1-3-7(4-2)5-6-8(10)9(11)12/h7-8H,3-6,10H2,1-2H3,(H,11,12). The van der Waals surface area contributed by atoms with Crippen molar-refractivity contribution in [2.24, 2.45) is 11.7 Å². The van der Waals surface area contributed by atoms with Crippen molar-refractivity contribution in [3.05, 3.63) is 0 Å². The van der Waals surface area contributed by atoms with Crippen molar-refractivity contribution >= 4 is 5.97 Å². The van der Waals surface area contributed by atoms with Crippen LogP contribution in [0.1, 0.15) is 39.5 Å². The Kier molecular flexibility index (Phi) is 5.72. The molecule has 0 aliphatic heterocycles. The first-order valence-electron chi connectivity index (χ1n) is 4.60. The number of hydrogen-bond acceptors (Lipinski definition) is 2. The monoisotopic (exact) mass is 173 g/mol. The maximum Gasteiger partial charge on any atom is 0.320 e. The van der Waals surface area contributed by atoms with E-state index in [0.29, 0.717) is 12.3 Å². The third-order valence-electron chi connectivity index (χ3n) is 2.36. The Morgan fingerprint density at radius 1 is 1.33 bits per heavy atom. The summed E-state index contributed by atoms with van der Waals surface area (Å²) in [5.74, 6) is -0.253. The molecule has 0 aromatic rings. The van der Waals surface area contributed by atoms with Crippen LogP contribution in [-0.4, -0.2) is 17.1 Å². The van der Waals surface area contributed by atoms with Gasteiger partial charge in [0.1, 0.15) is 6.04 Å². The molecule has 0 aromatic carbocycles. The first-order chi connectivity index (χ1) is 5.61. The molecule has 0 aliphatic carbocycles. The third kappa shape index (κ3) is 4.34. The van der Waals surface area contributed by atoms with Crippen molar-refractivity contribution in [1.29, 1.82) is 0 Å². The summed E-state index contributed by atoms with van der Waals surface area (Å²) in [5, 5.41) is 8.52. The van der Waals surface area contributed by atoms with Crippen molar-refractivity contribution in [2.75, 3.05) is 0 Å². The summed E-state index contributed by atoms with van der Waals surface area (Å²) in [6.45, 7) is 4.25. The van der Waals surface area contributed by atoms with Gasteiger partial charge in [0.25, 0.3) is 0 Å². The Morgan fingerprint density at radius 2 is 1.83 bits per heavy atom. The van der Waals surface area contributed by atoms with Gasteiger partial charge in [-0.1, -0.05) is 26.7 Å². The molecule has 72 valence electrons. The van der Waals surface area contributed by atoms with E-state index in [2.05, 4.69) is 13.8 Å². The second kappa shape index (κ2) is 6.00. The van der Waals surface area contributed by atoms with E-state index in [4.69, 9.17) is 10.8 Å². The summed E-state index contributed by atoms with van der Waals surface area (Å²) in [6, 6.07) is -0.675. The maximum atomic E-state index is 10.4. The van der Waals surface area contributed by atoms with Crippen molar-refractivity contribution < 1.29 is 9.90 Å². The fourth-order valence-corrected chi connectivity index (χ4v) is 1.24. The molecule has 0 bridgehead atoms. The number of aliphatic carboxylic acids is 1. The Morgan fingerprint density at radius 3 is 2.17 bits per heavy atom. The number of hydrogen-bond donors (Lipinski definition) is 2. The van der Waals surface area contributed by atoms with Crippen molar-refractivity contribution in [1.82, 2.24) is 0 Å². The molecule has 0 spiro atoms. The van der Waals surface area contributed by atoms with Crippen LogP contribution in [0.15, 0.2) is 0 Å². The molecule has 0 radical (unpaired) electrons. The molecule has 3 heteroatoms. The van der Waals surface area contributed by atoms with E-state index in [0.717, 1.165) is 19.3 Å².